The molecular weight excluding hydrogens is 244 g/mol. The molecule has 6 heteroatoms. The summed E-state index contributed by atoms with van der Waals surface area (Å²) in [6.45, 7) is 0. The van der Waals surface area contributed by atoms with Crippen molar-refractivity contribution in [1.29, 1.82) is 0 Å². The van der Waals surface area contributed by atoms with Crippen LogP contribution in [-0.2, 0) is 11.8 Å². The quantitative estimate of drug-likeness (QED) is 0.709. The highest BCUT2D eigenvalue weighted by Gasteiger charge is 2.10. The number of methoxy groups -OCH3 is 1. The van der Waals surface area contributed by atoms with Crippen LogP contribution in [0.4, 0.5) is 0 Å². The first-order valence-corrected chi connectivity index (χ1v) is 5.74. The number of imidazole rings is 1. The number of aromatic amines is 1. The third-order valence-electron chi connectivity index (χ3n) is 2.88. The lowest BCUT2D eigenvalue weighted by Gasteiger charge is -1.97. The van der Waals surface area contributed by atoms with E-state index in [-0.39, 0.29) is 5.97 Å². The number of rotatable bonds is 2. The summed E-state index contributed by atoms with van der Waals surface area (Å²) in [4.78, 5) is 19.1. The Morgan fingerprint density at radius 2 is 2.26 bits per heavy atom. The fourth-order valence-corrected chi connectivity index (χ4v) is 1.93. The minimum absolute atomic E-state index is 0.362. The van der Waals surface area contributed by atoms with Gasteiger partial charge >= 0.3 is 5.97 Å². The number of carbonyl (C=O) groups excluding carboxylic acids is 1. The van der Waals surface area contributed by atoms with Gasteiger partial charge in [0.05, 0.1) is 35.5 Å². The van der Waals surface area contributed by atoms with Gasteiger partial charge in [-0.05, 0) is 18.2 Å². The van der Waals surface area contributed by atoms with Crippen molar-refractivity contribution in [1.82, 2.24) is 19.7 Å². The van der Waals surface area contributed by atoms with Gasteiger partial charge in [0, 0.05) is 13.2 Å². The first-order valence-electron chi connectivity index (χ1n) is 5.74. The van der Waals surface area contributed by atoms with Gasteiger partial charge in [0.25, 0.3) is 0 Å². The van der Waals surface area contributed by atoms with Crippen LogP contribution in [0.15, 0.2) is 30.6 Å². The predicted molar refractivity (Wildman–Crippen MR) is 69.6 cm³/mol. The summed E-state index contributed by atoms with van der Waals surface area (Å²) in [5.41, 5.74) is 2.99. The molecule has 0 aliphatic heterocycles. The second-order valence-corrected chi connectivity index (χ2v) is 4.21. The zero-order chi connectivity index (χ0) is 13.4. The largest absolute Gasteiger partial charge is 0.465 e. The Bertz CT molecular complexity index is 757. The number of ether oxygens (including phenoxy) is 1. The van der Waals surface area contributed by atoms with Crippen LogP contribution in [0.5, 0.6) is 0 Å². The number of aromatic nitrogens is 4. The van der Waals surface area contributed by atoms with E-state index < -0.39 is 0 Å². The number of aryl methyl sites for hydroxylation is 1. The molecule has 96 valence electrons. The molecule has 19 heavy (non-hydrogen) atoms. The van der Waals surface area contributed by atoms with Crippen LogP contribution in [0.2, 0.25) is 0 Å². The molecule has 6 nitrogen and oxygen atoms in total. The van der Waals surface area contributed by atoms with Crippen molar-refractivity contribution in [3.8, 4) is 11.4 Å². The van der Waals surface area contributed by atoms with Gasteiger partial charge in [0.2, 0.25) is 0 Å². The molecule has 1 aromatic carbocycles. The van der Waals surface area contributed by atoms with E-state index >= 15 is 0 Å². The normalized spacial score (nSPS) is 10.8. The smallest absolute Gasteiger partial charge is 0.337 e. The van der Waals surface area contributed by atoms with E-state index in [1.807, 2.05) is 13.2 Å². The van der Waals surface area contributed by atoms with Gasteiger partial charge in [-0.2, -0.15) is 5.10 Å². The minimum atomic E-state index is -0.362. The van der Waals surface area contributed by atoms with Gasteiger partial charge in [0.1, 0.15) is 5.82 Å². The fourth-order valence-electron chi connectivity index (χ4n) is 1.93. The summed E-state index contributed by atoms with van der Waals surface area (Å²) in [5.74, 6) is 0.365. The average Bonchev–Trinajstić information content (AvgIpc) is 3.02. The molecule has 1 N–H and O–H groups in total. The van der Waals surface area contributed by atoms with Crippen molar-refractivity contribution in [3.05, 3.63) is 36.2 Å². The van der Waals surface area contributed by atoms with Crippen LogP contribution in [0.1, 0.15) is 10.4 Å². The van der Waals surface area contributed by atoms with Gasteiger partial charge in [-0.25, -0.2) is 9.78 Å². The van der Waals surface area contributed by atoms with Gasteiger partial charge in [-0.3, -0.25) is 4.68 Å². The lowest BCUT2D eigenvalue weighted by Crippen LogP contribution is -2.00. The third-order valence-corrected chi connectivity index (χ3v) is 2.88. The number of hydrogen-bond donors (Lipinski definition) is 1. The summed E-state index contributed by atoms with van der Waals surface area (Å²) in [7, 11) is 3.21. The van der Waals surface area contributed by atoms with E-state index in [0.29, 0.717) is 5.56 Å². The Labute approximate surface area is 109 Å². The highest BCUT2D eigenvalue weighted by atomic mass is 16.5. The first-order chi connectivity index (χ1) is 9.17. The number of benzene rings is 1. The topological polar surface area (TPSA) is 72.8 Å². The molecule has 0 aliphatic carbocycles. The highest BCUT2D eigenvalue weighted by Crippen LogP contribution is 2.20. The molecular formula is C13H12N4O2. The Balaban J connectivity index is 2.08. The minimum Gasteiger partial charge on any atom is -0.465 e. The maximum absolute atomic E-state index is 11.5. The summed E-state index contributed by atoms with van der Waals surface area (Å²) in [5, 5.41) is 4.10. The van der Waals surface area contributed by atoms with Gasteiger partial charge in [0.15, 0.2) is 0 Å². The number of fused-ring (bicyclic) bond motifs is 1. The molecule has 2 heterocycles. The fraction of sp³-hybridized carbons (Fsp3) is 0.154. The van der Waals surface area contributed by atoms with Crippen LogP contribution < -0.4 is 0 Å². The van der Waals surface area contributed by atoms with Crippen molar-refractivity contribution < 1.29 is 9.53 Å². The SMILES string of the molecule is COC(=O)c1ccc2nc(-c3cnn(C)c3)[nH]c2c1. The summed E-state index contributed by atoms with van der Waals surface area (Å²) in [6, 6.07) is 5.22. The monoisotopic (exact) mass is 256 g/mol. The standard InChI is InChI=1S/C13H12N4O2/c1-17-7-9(6-14-17)12-15-10-4-3-8(13(18)19-2)5-11(10)16-12/h3-7H,1-2H3,(H,15,16). The molecule has 0 saturated heterocycles. The van der Waals surface area contributed by atoms with Crippen molar-refractivity contribution in [3.63, 3.8) is 0 Å². The molecule has 0 fully saturated rings. The zero-order valence-corrected chi connectivity index (χ0v) is 10.5. The van der Waals surface area contributed by atoms with E-state index in [1.54, 1.807) is 29.1 Å². The molecule has 2 aromatic heterocycles. The third kappa shape index (κ3) is 1.97. The number of carbonyl (C=O) groups is 1. The Morgan fingerprint density at radius 3 is 2.95 bits per heavy atom. The number of hydrogen-bond acceptors (Lipinski definition) is 4. The molecule has 0 amide bonds. The van der Waals surface area contributed by atoms with Crippen molar-refractivity contribution in [2.45, 2.75) is 0 Å². The van der Waals surface area contributed by atoms with E-state index in [0.717, 1.165) is 22.4 Å². The Kier molecular flexibility index (Phi) is 2.56. The second kappa shape index (κ2) is 4.24. The molecule has 3 rings (SSSR count). The van der Waals surface area contributed by atoms with E-state index in [1.165, 1.54) is 7.11 Å². The van der Waals surface area contributed by atoms with Gasteiger partial charge < -0.3 is 9.72 Å². The van der Waals surface area contributed by atoms with Crippen LogP contribution in [-0.4, -0.2) is 32.8 Å². The Morgan fingerprint density at radius 1 is 1.42 bits per heavy atom. The van der Waals surface area contributed by atoms with Crippen LogP contribution in [0.3, 0.4) is 0 Å². The number of nitrogens with one attached hydrogen (secondary N) is 1. The Hall–Kier alpha value is -2.63. The molecule has 0 spiro atoms. The van der Waals surface area contributed by atoms with E-state index in [4.69, 9.17) is 4.74 Å². The number of H-pyrrole nitrogens is 1. The second-order valence-electron chi connectivity index (χ2n) is 4.21. The summed E-state index contributed by atoms with van der Waals surface area (Å²) in [6.07, 6.45) is 3.61. The van der Waals surface area contributed by atoms with Crippen LogP contribution in [0, 0.1) is 0 Å². The molecule has 0 saturated carbocycles. The number of esters is 1. The lowest BCUT2D eigenvalue weighted by molar-refractivity contribution is 0.0601. The predicted octanol–water partition coefficient (Wildman–Crippen LogP) is 1.75. The van der Waals surface area contributed by atoms with Crippen LogP contribution in [0.25, 0.3) is 22.4 Å². The maximum Gasteiger partial charge on any atom is 0.337 e. The zero-order valence-electron chi connectivity index (χ0n) is 10.5. The maximum atomic E-state index is 11.5. The molecule has 0 radical (unpaired) electrons. The van der Waals surface area contributed by atoms with Gasteiger partial charge in [-0.1, -0.05) is 0 Å². The van der Waals surface area contributed by atoms with Crippen LogP contribution >= 0.6 is 0 Å². The van der Waals surface area contributed by atoms with Crippen molar-refractivity contribution in [2.75, 3.05) is 7.11 Å². The first kappa shape index (κ1) is 11.5. The molecule has 0 atom stereocenters. The molecule has 0 bridgehead atoms. The number of nitrogens with zero attached hydrogens (tertiary/aromatic N) is 3. The highest BCUT2D eigenvalue weighted by molar-refractivity contribution is 5.94. The van der Waals surface area contributed by atoms with E-state index in [9.17, 15) is 4.79 Å². The van der Waals surface area contributed by atoms with Crippen molar-refractivity contribution >= 4 is 17.0 Å². The van der Waals surface area contributed by atoms with Gasteiger partial charge in [-0.15, -0.1) is 0 Å². The lowest BCUT2D eigenvalue weighted by atomic mass is 10.2. The molecule has 3 aromatic rings. The summed E-state index contributed by atoms with van der Waals surface area (Å²) < 4.78 is 6.40. The van der Waals surface area contributed by atoms with Crippen molar-refractivity contribution in [2.24, 2.45) is 7.05 Å². The van der Waals surface area contributed by atoms with E-state index in [2.05, 4.69) is 15.1 Å². The summed E-state index contributed by atoms with van der Waals surface area (Å²) >= 11 is 0. The average molecular weight is 256 g/mol. The molecule has 0 unspecified atom stereocenters. The molecule has 0 aliphatic rings.